The number of aliphatic carboxylic acids is 1. The van der Waals surface area contributed by atoms with E-state index >= 15 is 0 Å². The molecule has 0 saturated heterocycles. The summed E-state index contributed by atoms with van der Waals surface area (Å²) in [4.78, 5) is 25.1. The van der Waals surface area contributed by atoms with E-state index in [1.54, 1.807) is 12.1 Å². The number of carboxylic acid groups (broad SMARTS) is 1. The van der Waals surface area contributed by atoms with E-state index in [0.29, 0.717) is 18.7 Å². The fourth-order valence-corrected chi connectivity index (χ4v) is 2.43. The molecule has 1 aromatic carbocycles. The molecule has 1 aromatic rings. The monoisotopic (exact) mass is 275 g/mol. The number of amides is 1. The highest BCUT2D eigenvalue weighted by Crippen LogP contribution is 2.33. The lowest BCUT2D eigenvalue weighted by atomic mass is 10.1. The Labute approximate surface area is 115 Å². The maximum Gasteiger partial charge on any atom is 0.327 e. The zero-order chi connectivity index (χ0) is 14.1. The van der Waals surface area contributed by atoms with Crippen molar-refractivity contribution in [3.05, 3.63) is 41.9 Å². The quantitative estimate of drug-likeness (QED) is 0.868. The number of anilines is 1. The van der Waals surface area contributed by atoms with Crippen LogP contribution in [-0.4, -0.2) is 36.2 Å². The molecule has 0 fully saturated rings. The van der Waals surface area contributed by atoms with Crippen LogP contribution < -0.4 is 4.90 Å². The minimum absolute atomic E-state index is 0.0409. The molecular formula is C14H13NO5. The normalized spacial score (nSPS) is 20.5. The van der Waals surface area contributed by atoms with Crippen molar-refractivity contribution in [2.24, 2.45) is 0 Å². The van der Waals surface area contributed by atoms with Gasteiger partial charge >= 0.3 is 5.97 Å². The zero-order valence-electron chi connectivity index (χ0n) is 10.6. The maximum atomic E-state index is 12.5. The number of nitrogens with zero attached hydrogens (tertiary/aromatic N) is 1. The van der Waals surface area contributed by atoms with Crippen molar-refractivity contribution in [1.29, 1.82) is 0 Å². The van der Waals surface area contributed by atoms with Gasteiger partial charge in [-0.25, -0.2) is 4.79 Å². The first kappa shape index (κ1) is 12.5. The molecule has 1 unspecified atom stereocenters. The molecule has 0 aliphatic carbocycles. The number of carbonyl (C=O) groups excluding carboxylic acids is 1. The minimum Gasteiger partial charge on any atom is -0.494 e. The van der Waals surface area contributed by atoms with Crippen molar-refractivity contribution in [1.82, 2.24) is 0 Å². The van der Waals surface area contributed by atoms with Gasteiger partial charge in [0.1, 0.15) is 25.5 Å². The Balaban J connectivity index is 1.98. The van der Waals surface area contributed by atoms with E-state index in [9.17, 15) is 14.7 Å². The average molecular weight is 275 g/mol. The van der Waals surface area contributed by atoms with Gasteiger partial charge in [0.25, 0.3) is 5.91 Å². The molecule has 0 aromatic heterocycles. The van der Waals surface area contributed by atoms with E-state index in [-0.39, 0.29) is 12.4 Å². The lowest BCUT2D eigenvalue weighted by Crippen LogP contribution is -2.44. The second-order valence-electron chi connectivity index (χ2n) is 4.56. The highest BCUT2D eigenvalue weighted by molar-refractivity contribution is 6.09. The summed E-state index contributed by atoms with van der Waals surface area (Å²) < 4.78 is 10.3. The van der Waals surface area contributed by atoms with Crippen LogP contribution in [-0.2, 0) is 25.5 Å². The van der Waals surface area contributed by atoms with E-state index in [1.165, 1.54) is 11.2 Å². The van der Waals surface area contributed by atoms with Crippen molar-refractivity contribution < 1.29 is 24.2 Å². The summed E-state index contributed by atoms with van der Waals surface area (Å²) >= 11 is 0. The Kier molecular flexibility index (Phi) is 3.06. The lowest BCUT2D eigenvalue weighted by Gasteiger charge is -2.25. The number of carboxylic acids is 1. The number of hydrogen-bond acceptors (Lipinski definition) is 4. The van der Waals surface area contributed by atoms with Crippen LogP contribution in [0.5, 0.6) is 0 Å². The van der Waals surface area contributed by atoms with Crippen LogP contribution in [0.25, 0.3) is 0 Å². The highest BCUT2D eigenvalue weighted by Gasteiger charge is 2.40. The fraction of sp³-hybridized carbons (Fsp3) is 0.286. The summed E-state index contributed by atoms with van der Waals surface area (Å²) in [6, 6.07) is 6.25. The van der Waals surface area contributed by atoms with Gasteiger partial charge in [0.05, 0.1) is 0 Å². The lowest BCUT2D eigenvalue weighted by molar-refractivity contribution is -0.140. The number of benzene rings is 1. The molecule has 3 rings (SSSR count). The van der Waals surface area contributed by atoms with Gasteiger partial charge in [-0.2, -0.15) is 0 Å². The number of carbonyl (C=O) groups is 2. The van der Waals surface area contributed by atoms with Crippen LogP contribution in [0.15, 0.2) is 36.3 Å². The van der Waals surface area contributed by atoms with Gasteiger partial charge in [-0.15, -0.1) is 0 Å². The topological polar surface area (TPSA) is 76.1 Å². The summed E-state index contributed by atoms with van der Waals surface area (Å²) in [5, 5.41) is 9.32. The van der Waals surface area contributed by atoms with Crippen LogP contribution >= 0.6 is 0 Å². The highest BCUT2D eigenvalue weighted by atomic mass is 16.6. The van der Waals surface area contributed by atoms with Crippen LogP contribution in [0.2, 0.25) is 0 Å². The number of rotatable bonds is 2. The van der Waals surface area contributed by atoms with Crippen molar-refractivity contribution in [3.63, 3.8) is 0 Å². The molecule has 20 heavy (non-hydrogen) atoms. The number of hydrogen-bond donors (Lipinski definition) is 1. The third-order valence-electron chi connectivity index (χ3n) is 3.34. The van der Waals surface area contributed by atoms with Gasteiger partial charge in [-0.3, -0.25) is 9.69 Å². The molecule has 2 aliphatic rings. The van der Waals surface area contributed by atoms with Gasteiger partial charge in [0.2, 0.25) is 5.76 Å². The Morgan fingerprint density at radius 3 is 2.75 bits per heavy atom. The second kappa shape index (κ2) is 4.88. The fourth-order valence-electron chi connectivity index (χ4n) is 2.43. The number of para-hydroxylation sites is 1. The second-order valence-corrected chi connectivity index (χ2v) is 4.56. The molecule has 2 heterocycles. The third-order valence-corrected chi connectivity index (χ3v) is 3.34. The molecule has 0 radical (unpaired) electrons. The average Bonchev–Trinajstić information content (AvgIpc) is 2.87. The van der Waals surface area contributed by atoms with E-state index < -0.39 is 17.9 Å². The molecule has 0 saturated carbocycles. The van der Waals surface area contributed by atoms with Crippen molar-refractivity contribution in [2.75, 3.05) is 18.1 Å². The largest absolute Gasteiger partial charge is 0.494 e. The Bertz CT molecular complexity index is 595. The van der Waals surface area contributed by atoms with Crippen molar-refractivity contribution >= 4 is 17.6 Å². The molecule has 1 amide bonds. The van der Waals surface area contributed by atoms with E-state index in [4.69, 9.17) is 9.47 Å². The molecule has 0 spiro atoms. The molecule has 1 atom stereocenters. The van der Waals surface area contributed by atoms with Crippen LogP contribution in [0.1, 0.15) is 5.56 Å². The molecular weight excluding hydrogens is 262 g/mol. The molecule has 6 heteroatoms. The van der Waals surface area contributed by atoms with Crippen LogP contribution in [0.4, 0.5) is 5.69 Å². The number of fused-ring (bicyclic) bond motifs is 1. The van der Waals surface area contributed by atoms with Crippen molar-refractivity contribution in [2.45, 2.75) is 12.5 Å². The Morgan fingerprint density at radius 2 is 2.05 bits per heavy atom. The van der Waals surface area contributed by atoms with Crippen LogP contribution in [0, 0.1) is 0 Å². The maximum absolute atomic E-state index is 12.5. The van der Waals surface area contributed by atoms with Gasteiger partial charge in [0, 0.05) is 12.1 Å². The first-order valence-corrected chi connectivity index (χ1v) is 6.27. The standard InChI is InChI=1S/C14H13NO5/c16-13(12-8-19-5-6-20-12)15-10-4-2-1-3-9(10)7-11(15)14(17)18/h1-4,8,11H,5-7H2,(H,17,18). The molecule has 2 aliphatic heterocycles. The van der Waals surface area contributed by atoms with Gasteiger partial charge in [-0.1, -0.05) is 18.2 Å². The smallest absolute Gasteiger partial charge is 0.327 e. The van der Waals surface area contributed by atoms with Gasteiger partial charge < -0.3 is 14.6 Å². The first-order chi connectivity index (χ1) is 9.68. The van der Waals surface area contributed by atoms with Crippen molar-refractivity contribution in [3.8, 4) is 0 Å². The molecule has 0 bridgehead atoms. The minimum atomic E-state index is -1.04. The SMILES string of the molecule is O=C(O)C1Cc2ccccc2N1C(=O)C1=COCCO1. The molecule has 6 nitrogen and oxygen atoms in total. The summed E-state index contributed by atoms with van der Waals surface area (Å²) in [6.45, 7) is 0.667. The first-order valence-electron chi connectivity index (χ1n) is 6.27. The summed E-state index contributed by atoms with van der Waals surface area (Å²) in [5.41, 5.74) is 1.45. The molecule has 104 valence electrons. The predicted molar refractivity (Wildman–Crippen MR) is 69.0 cm³/mol. The summed E-state index contributed by atoms with van der Waals surface area (Å²) in [5.74, 6) is -1.48. The number of ether oxygens (including phenoxy) is 2. The van der Waals surface area contributed by atoms with E-state index in [2.05, 4.69) is 0 Å². The van der Waals surface area contributed by atoms with Crippen LogP contribution in [0.3, 0.4) is 0 Å². The van der Waals surface area contributed by atoms with Gasteiger partial charge in [-0.05, 0) is 11.6 Å². The summed E-state index contributed by atoms with van der Waals surface area (Å²) in [7, 11) is 0. The third kappa shape index (κ3) is 1.99. The zero-order valence-corrected chi connectivity index (χ0v) is 10.6. The van der Waals surface area contributed by atoms with Gasteiger partial charge in [0.15, 0.2) is 0 Å². The molecule has 1 N–H and O–H groups in total. The Morgan fingerprint density at radius 1 is 1.25 bits per heavy atom. The predicted octanol–water partition coefficient (Wildman–Crippen LogP) is 0.917. The Hall–Kier alpha value is -2.50. The summed E-state index contributed by atoms with van der Waals surface area (Å²) in [6.07, 6.45) is 1.54. The van der Waals surface area contributed by atoms with E-state index in [1.807, 2.05) is 12.1 Å². The van der Waals surface area contributed by atoms with E-state index in [0.717, 1.165) is 5.56 Å².